The van der Waals surface area contributed by atoms with E-state index in [1.807, 2.05) is 32.9 Å². The van der Waals surface area contributed by atoms with Crippen molar-refractivity contribution in [3.05, 3.63) is 35.3 Å². The maximum Gasteiger partial charge on any atom is 0.290 e. The van der Waals surface area contributed by atoms with Gasteiger partial charge in [0.25, 0.3) is 5.91 Å². The van der Waals surface area contributed by atoms with Crippen LogP contribution in [0.3, 0.4) is 0 Å². The molecule has 2 rings (SSSR count). The van der Waals surface area contributed by atoms with E-state index in [2.05, 4.69) is 0 Å². The molecule has 6 heteroatoms. The van der Waals surface area contributed by atoms with E-state index in [1.54, 1.807) is 4.90 Å². The van der Waals surface area contributed by atoms with Crippen LogP contribution in [0.25, 0.3) is 0 Å². The first-order chi connectivity index (χ1) is 12.3. The molecule has 1 aromatic rings. The molecule has 1 aromatic heterocycles. The van der Waals surface area contributed by atoms with Crippen molar-refractivity contribution in [2.75, 3.05) is 19.8 Å². The van der Waals surface area contributed by atoms with Crippen LogP contribution in [-0.2, 0) is 20.7 Å². The number of aryl methyl sites for hydroxylation is 1. The largest absolute Gasteiger partial charge is 0.619 e. The summed E-state index contributed by atoms with van der Waals surface area (Å²) in [6.45, 7) is 7.29. The first kappa shape index (κ1) is 20.4. The lowest BCUT2D eigenvalue weighted by Gasteiger charge is -2.28. The van der Waals surface area contributed by atoms with Gasteiger partial charge in [0.2, 0.25) is 5.78 Å². The fourth-order valence-corrected chi connectivity index (χ4v) is 3.06. The molecule has 1 unspecified atom stereocenters. The number of aromatic nitrogens is 1. The number of carbonyl (C=O) groups excluding carboxylic acids is 2. The van der Waals surface area contributed by atoms with Gasteiger partial charge in [0, 0.05) is 30.7 Å². The van der Waals surface area contributed by atoms with Gasteiger partial charge in [-0.25, -0.2) is 0 Å². The smallest absolute Gasteiger partial charge is 0.290 e. The Kier molecular flexibility index (Phi) is 7.14. The highest BCUT2D eigenvalue weighted by molar-refractivity contribution is 6.38. The monoisotopic (exact) mass is 362 g/mol. The summed E-state index contributed by atoms with van der Waals surface area (Å²) in [5, 5.41) is 11.0. The molecule has 144 valence electrons. The van der Waals surface area contributed by atoms with Gasteiger partial charge in [-0.15, -0.1) is 0 Å². The van der Waals surface area contributed by atoms with Crippen molar-refractivity contribution in [1.82, 2.24) is 4.90 Å². The molecule has 1 aliphatic heterocycles. The van der Waals surface area contributed by atoms with E-state index in [9.17, 15) is 14.8 Å². The highest BCUT2D eigenvalue weighted by Gasteiger charge is 2.38. The zero-order valence-electron chi connectivity index (χ0n) is 16.1. The average Bonchev–Trinajstić information content (AvgIpc) is 3.10. The summed E-state index contributed by atoms with van der Waals surface area (Å²) in [5.74, 6) is -0.662. The molecule has 0 saturated carbocycles. The van der Waals surface area contributed by atoms with Crippen LogP contribution in [0.4, 0.5) is 0 Å². The van der Waals surface area contributed by atoms with Crippen molar-refractivity contribution in [2.45, 2.75) is 58.9 Å². The topological polar surface area (TPSA) is 73.5 Å². The van der Waals surface area contributed by atoms with Crippen molar-refractivity contribution in [3.63, 3.8) is 0 Å². The number of ether oxygens (including phenoxy) is 1. The SMILES string of the molecule is CCC(C)(C)C(=O)C(=O)N1CCCC1COCCCc1cc[n+]([O-])cc1. The van der Waals surface area contributed by atoms with Crippen molar-refractivity contribution >= 4 is 11.7 Å². The lowest BCUT2D eigenvalue weighted by atomic mass is 9.84. The Morgan fingerprint density at radius 3 is 2.69 bits per heavy atom. The van der Waals surface area contributed by atoms with Crippen LogP contribution in [0, 0.1) is 10.6 Å². The van der Waals surface area contributed by atoms with Crippen molar-refractivity contribution < 1.29 is 19.1 Å². The number of amides is 1. The Morgan fingerprint density at radius 2 is 2.04 bits per heavy atom. The molecule has 2 heterocycles. The van der Waals surface area contributed by atoms with Gasteiger partial charge in [-0.2, -0.15) is 4.73 Å². The third kappa shape index (κ3) is 5.27. The maximum atomic E-state index is 12.6. The second-order valence-electron chi connectivity index (χ2n) is 7.61. The molecule has 1 saturated heterocycles. The van der Waals surface area contributed by atoms with Gasteiger partial charge < -0.3 is 14.8 Å². The van der Waals surface area contributed by atoms with Gasteiger partial charge in [-0.05, 0) is 37.7 Å². The molecule has 0 spiro atoms. The van der Waals surface area contributed by atoms with Crippen molar-refractivity contribution in [1.29, 1.82) is 0 Å². The van der Waals surface area contributed by atoms with Gasteiger partial charge in [0.1, 0.15) is 0 Å². The van der Waals surface area contributed by atoms with Crippen molar-refractivity contribution in [2.24, 2.45) is 5.41 Å². The van der Waals surface area contributed by atoms with Crippen LogP contribution in [0.15, 0.2) is 24.5 Å². The van der Waals surface area contributed by atoms with E-state index >= 15 is 0 Å². The Morgan fingerprint density at radius 1 is 1.35 bits per heavy atom. The number of hydrogen-bond donors (Lipinski definition) is 0. The van der Waals surface area contributed by atoms with Crippen LogP contribution in [0.2, 0.25) is 0 Å². The van der Waals surface area contributed by atoms with Gasteiger partial charge in [-0.3, -0.25) is 9.59 Å². The summed E-state index contributed by atoms with van der Waals surface area (Å²) >= 11 is 0. The summed E-state index contributed by atoms with van der Waals surface area (Å²) in [4.78, 5) is 26.7. The third-order valence-electron chi connectivity index (χ3n) is 5.27. The summed E-state index contributed by atoms with van der Waals surface area (Å²) in [7, 11) is 0. The molecule has 0 bridgehead atoms. The van der Waals surface area contributed by atoms with E-state index in [4.69, 9.17) is 4.74 Å². The van der Waals surface area contributed by atoms with Crippen LogP contribution in [0.5, 0.6) is 0 Å². The Labute approximate surface area is 155 Å². The van der Waals surface area contributed by atoms with Crippen molar-refractivity contribution in [3.8, 4) is 0 Å². The fraction of sp³-hybridized carbons (Fsp3) is 0.650. The second-order valence-corrected chi connectivity index (χ2v) is 7.61. The van der Waals surface area contributed by atoms with E-state index in [0.717, 1.165) is 36.0 Å². The molecular formula is C20H30N2O4. The molecule has 0 radical (unpaired) electrons. The number of carbonyl (C=O) groups is 2. The molecular weight excluding hydrogens is 332 g/mol. The van der Waals surface area contributed by atoms with Gasteiger partial charge in [0.15, 0.2) is 12.4 Å². The van der Waals surface area contributed by atoms with Crippen LogP contribution in [-0.4, -0.2) is 42.4 Å². The van der Waals surface area contributed by atoms with E-state index in [1.165, 1.54) is 12.4 Å². The molecule has 0 N–H and O–H groups in total. The number of rotatable bonds is 9. The highest BCUT2D eigenvalue weighted by atomic mass is 16.5. The Hall–Kier alpha value is -1.95. The molecule has 1 atom stereocenters. The number of likely N-dealkylation sites (tertiary alicyclic amines) is 1. The highest BCUT2D eigenvalue weighted by Crippen LogP contribution is 2.25. The summed E-state index contributed by atoms with van der Waals surface area (Å²) in [5.41, 5.74) is 0.494. The number of hydrogen-bond acceptors (Lipinski definition) is 4. The summed E-state index contributed by atoms with van der Waals surface area (Å²) in [6, 6.07) is 3.62. The predicted molar refractivity (Wildman–Crippen MR) is 98.4 cm³/mol. The average molecular weight is 362 g/mol. The zero-order valence-corrected chi connectivity index (χ0v) is 16.1. The normalized spacial score (nSPS) is 17.5. The minimum atomic E-state index is -0.608. The molecule has 0 aromatic carbocycles. The molecule has 1 amide bonds. The lowest BCUT2D eigenvalue weighted by molar-refractivity contribution is -0.605. The standard InChI is InChI=1S/C20H30N2O4/c1-4-20(2,3)18(23)19(24)22-11-5-8-17(22)15-26-14-6-7-16-9-12-21(25)13-10-16/h9-10,12-13,17H,4-8,11,14-15H2,1-3H3. The van der Waals surface area contributed by atoms with E-state index in [-0.39, 0.29) is 17.7 Å². The van der Waals surface area contributed by atoms with Gasteiger partial charge >= 0.3 is 0 Å². The number of ketones is 1. The molecule has 0 aliphatic carbocycles. The summed E-state index contributed by atoms with van der Waals surface area (Å²) in [6.07, 6.45) is 7.13. The van der Waals surface area contributed by atoms with Crippen LogP contribution >= 0.6 is 0 Å². The number of nitrogens with zero attached hydrogens (tertiary/aromatic N) is 2. The minimum absolute atomic E-state index is 0.00440. The third-order valence-corrected chi connectivity index (χ3v) is 5.27. The molecule has 26 heavy (non-hydrogen) atoms. The molecule has 1 aliphatic rings. The summed E-state index contributed by atoms with van der Waals surface area (Å²) < 4.78 is 6.53. The van der Waals surface area contributed by atoms with E-state index in [0.29, 0.717) is 26.2 Å². The maximum absolute atomic E-state index is 12.6. The number of pyridine rings is 1. The zero-order chi connectivity index (χ0) is 19.2. The van der Waals surface area contributed by atoms with Gasteiger partial charge in [-0.1, -0.05) is 20.8 Å². The van der Waals surface area contributed by atoms with Crippen LogP contribution < -0.4 is 4.73 Å². The van der Waals surface area contributed by atoms with Gasteiger partial charge in [0.05, 0.1) is 12.6 Å². The van der Waals surface area contributed by atoms with E-state index < -0.39 is 5.41 Å². The predicted octanol–water partition coefficient (Wildman–Crippen LogP) is 2.27. The number of Topliss-reactive ketones (excluding diaryl/α,β-unsaturated/α-hetero) is 1. The fourth-order valence-electron chi connectivity index (χ4n) is 3.06. The first-order valence-electron chi connectivity index (χ1n) is 9.46. The Bertz CT molecular complexity index is 613. The Balaban J connectivity index is 1.75. The minimum Gasteiger partial charge on any atom is -0.619 e. The quantitative estimate of drug-likeness (QED) is 0.292. The van der Waals surface area contributed by atoms with Crippen LogP contribution in [0.1, 0.15) is 52.0 Å². The molecule has 1 fully saturated rings. The second kappa shape index (κ2) is 9.12. The first-order valence-corrected chi connectivity index (χ1v) is 9.46. The molecule has 6 nitrogen and oxygen atoms in total. The lowest BCUT2D eigenvalue weighted by Crippen LogP contribution is -2.46.